The summed E-state index contributed by atoms with van der Waals surface area (Å²) >= 11 is 1.41. The lowest BCUT2D eigenvalue weighted by atomic mass is 9.94. The van der Waals surface area contributed by atoms with E-state index in [1.807, 2.05) is 18.4 Å². The zero-order chi connectivity index (χ0) is 14.4. The Balaban J connectivity index is 2.53. The third-order valence-corrected chi connectivity index (χ3v) is 3.90. The molecule has 0 saturated carbocycles. The van der Waals surface area contributed by atoms with Crippen LogP contribution in [0.25, 0.3) is 0 Å². The first-order valence-corrected chi connectivity index (χ1v) is 7.32. The molecular formula is C14H21NO3S. The minimum Gasteiger partial charge on any atom is -0.481 e. The molecule has 106 valence electrons. The number of amides is 1. The fraction of sp³-hybridized carbons (Fsp3) is 0.571. The lowest BCUT2D eigenvalue weighted by Crippen LogP contribution is -2.30. The molecule has 0 aliphatic rings. The number of hydrogen-bond acceptors (Lipinski definition) is 3. The predicted octanol–water partition coefficient (Wildman–Crippen LogP) is 2.92. The monoisotopic (exact) mass is 283 g/mol. The van der Waals surface area contributed by atoms with Gasteiger partial charge in [-0.05, 0) is 42.2 Å². The molecule has 1 aromatic rings. The van der Waals surface area contributed by atoms with E-state index in [2.05, 4.69) is 19.2 Å². The molecule has 1 unspecified atom stereocenters. The summed E-state index contributed by atoms with van der Waals surface area (Å²) < 4.78 is 0. The molecule has 2 N–H and O–H groups in total. The molecule has 0 aromatic carbocycles. The van der Waals surface area contributed by atoms with Gasteiger partial charge in [-0.3, -0.25) is 9.59 Å². The first kappa shape index (κ1) is 15.7. The number of hydrogen-bond donors (Lipinski definition) is 2. The summed E-state index contributed by atoms with van der Waals surface area (Å²) in [5, 5.41) is 13.6. The minimum absolute atomic E-state index is 0.0123. The van der Waals surface area contributed by atoms with Crippen molar-refractivity contribution < 1.29 is 14.7 Å². The fourth-order valence-corrected chi connectivity index (χ4v) is 2.92. The van der Waals surface area contributed by atoms with Crippen LogP contribution in [-0.4, -0.2) is 23.5 Å². The van der Waals surface area contributed by atoms with E-state index in [9.17, 15) is 9.59 Å². The van der Waals surface area contributed by atoms with Gasteiger partial charge in [0.25, 0.3) is 5.91 Å². The second kappa shape index (κ2) is 7.28. The van der Waals surface area contributed by atoms with E-state index >= 15 is 0 Å². The average Bonchev–Trinajstić information content (AvgIpc) is 2.70. The molecule has 1 amide bonds. The van der Waals surface area contributed by atoms with Crippen LogP contribution in [0.2, 0.25) is 0 Å². The van der Waals surface area contributed by atoms with E-state index in [4.69, 9.17) is 5.11 Å². The van der Waals surface area contributed by atoms with Gasteiger partial charge in [-0.25, -0.2) is 0 Å². The lowest BCUT2D eigenvalue weighted by molar-refractivity contribution is -0.138. The molecule has 1 rings (SSSR count). The van der Waals surface area contributed by atoms with E-state index < -0.39 is 5.97 Å². The van der Waals surface area contributed by atoms with Gasteiger partial charge in [0.1, 0.15) is 0 Å². The average molecular weight is 283 g/mol. The van der Waals surface area contributed by atoms with E-state index in [1.165, 1.54) is 11.3 Å². The summed E-state index contributed by atoms with van der Waals surface area (Å²) in [5.74, 6) is -0.509. The van der Waals surface area contributed by atoms with Gasteiger partial charge < -0.3 is 10.4 Å². The van der Waals surface area contributed by atoms with Crippen molar-refractivity contribution in [3.8, 4) is 0 Å². The van der Waals surface area contributed by atoms with E-state index in [1.54, 1.807) is 0 Å². The van der Waals surface area contributed by atoms with Crippen LogP contribution < -0.4 is 5.32 Å². The highest BCUT2D eigenvalue weighted by Gasteiger charge is 2.17. The standard InChI is InChI=1S/C14H21NO3S/c1-9(2)6-11(7-12(16)17)8-15-14(18)13-10(3)4-5-19-13/h4-5,9,11H,6-8H2,1-3H3,(H,15,18)(H,16,17). The van der Waals surface area contributed by atoms with Gasteiger partial charge in [0.2, 0.25) is 0 Å². The van der Waals surface area contributed by atoms with Gasteiger partial charge in [-0.15, -0.1) is 11.3 Å². The molecule has 0 bridgehead atoms. The highest BCUT2D eigenvalue weighted by molar-refractivity contribution is 7.12. The number of aliphatic carboxylic acids is 1. The highest BCUT2D eigenvalue weighted by Crippen LogP contribution is 2.17. The second-order valence-corrected chi connectivity index (χ2v) is 6.15. The Labute approximate surface area is 117 Å². The Morgan fingerprint density at radius 3 is 2.58 bits per heavy atom. The Morgan fingerprint density at radius 2 is 2.11 bits per heavy atom. The molecule has 0 fully saturated rings. The number of carbonyl (C=O) groups is 2. The molecule has 5 heteroatoms. The fourth-order valence-electron chi connectivity index (χ4n) is 2.08. The summed E-state index contributed by atoms with van der Waals surface area (Å²) in [7, 11) is 0. The van der Waals surface area contributed by atoms with Crippen LogP contribution in [0.1, 0.15) is 41.9 Å². The Kier molecular flexibility index (Phi) is 6.02. The van der Waals surface area contributed by atoms with Crippen LogP contribution in [0.5, 0.6) is 0 Å². The number of carboxylic acids is 1. The van der Waals surface area contributed by atoms with Crippen molar-refractivity contribution in [1.82, 2.24) is 5.32 Å². The zero-order valence-electron chi connectivity index (χ0n) is 11.6. The molecule has 0 aliphatic carbocycles. The first-order chi connectivity index (χ1) is 8.90. The summed E-state index contributed by atoms with van der Waals surface area (Å²) in [5.41, 5.74) is 0.959. The third-order valence-electron chi connectivity index (χ3n) is 2.89. The Morgan fingerprint density at radius 1 is 1.42 bits per heavy atom. The molecule has 0 spiro atoms. The van der Waals surface area contributed by atoms with Crippen LogP contribution in [0.15, 0.2) is 11.4 Å². The molecule has 0 saturated heterocycles. The number of thiophene rings is 1. The topological polar surface area (TPSA) is 66.4 Å². The van der Waals surface area contributed by atoms with Gasteiger partial charge in [0, 0.05) is 13.0 Å². The highest BCUT2D eigenvalue weighted by atomic mass is 32.1. The molecule has 0 radical (unpaired) electrons. The lowest BCUT2D eigenvalue weighted by Gasteiger charge is -2.17. The van der Waals surface area contributed by atoms with Crippen molar-refractivity contribution >= 4 is 23.2 Å². The molecule has 4 nitrogen and oxygen atoms in total. The molecule has 1 atom stereocenters. The van der Waals surface area contributed by atoms with Gasteiger partial charge in [0.15, 0.2) is 0 Å². The van der Waals surface area contributed by atoms with Crippen LogP contribution in [-0.2, 0) is 4.79 Å². The molecule has 1 heterocycles. The quantitative estimate of drug-likeness (QED) is 0.808. The molecule has 0 aliphatic heterocycles. The maximum Gasteiger partial charge on any atom is 0.303 e. The van der Waals surface area contributed by atoms with Crippen molar-refractivity contribution in [3.05, 3.63) is 21.9 Å². The largest absolute Gasteiger partial charge is 0.481 e. The van der Waals surface area contributed by atoms with E-state index in [-0.39, 0.29) is 18.2 Å². The van der Waals surface area contributed by atoms with E-state index in [0.29, 0.717) is 17.3 Å². The maximum absolute atomic E-state index is 12.0. The van der Waals surface area contributed by atoms with Gasteiger partial charge in [-0.2, -0.15) is 0 Å². The SMILES string of the molecule is Cc1ccsc1C(=O)NCC(CC(=O)O)CC(C)C. The number of nitrogens with one attached hydrogen (secondary N) is 1. The van der Waals surface area contributed by atoms with E-state index in [0.717, 1.165) is 12.0 Å². The van der Waals surface area contributed by atoms with Crippen molar-refractivity contribution in [3.63, 3.8) is 0 Å². The normalized spacial score (nSPS) is 12.4. The Hall–Kier alpha value is -1.36. The third kappa shape index (κ3) is 5.42. The summed E-state index contributed by atoms with van der Waals surface area (Å²) in [6.45, 7) is 6.43. The number of carboxylic acid groups (broad SMARTS) is 1. The zero-order valence-corrected chi connectivity index (χ0v) is 12.4. The number of rotatable bonds is 7. The predicted molar refractivity (Wildman–Crippen MR) is 76.6 cm³/mol. The van der Waals surface area contributed by atoms with Gasteiger partial charge in [0.05, 0.1) is 4.88 Å². The van der Waals surface area contributed by atoms with Crippen molar-refractivity contribution in [2.24, 2.45) is 11.8 Å². The van der Waals surface area contributed by atoms with Crippen LogP contribution >= 0.6 is 11.3 Å². The molecule has 19 heavy (non-hydrogen) atoms. The van der Waals surface area contributed by atoms with Crippen molar-refractivity contribution in [1.29, 1.82) is 0 Å². The summed E-state index contributed by atoms with van der Waals surface area (Å²) in [6.07, 6.45) is 0.901. The van der Waals surface area contributed by atoms with Crippen LogP contribution in [0.3, 0.4) is 0 Å². The molecular weight excluding hydrogens is 262 g/mol. The number of aryl methyl sites for hydroxylation is 1. The van der Waals surface area contributed by atoms with Crippen LogP contribution in [0.4, 0.5) is 0 Å². The Bertz CT molecular complexity index is 440. The summed E-state index contributed by atoms with van der Waals surface area (Å²) in [4.78, 5) is 23.5. The number of carbonyl (C=O) groups excluding carboxylic acids is 1. The van der Waals surface area contributed by atoms with Crippen LogP contribution in [0, 0.1) is 18.8 Å². The smallest absolute Gasteiger partial charge is 0.303 e. The van der Waals surface area contributed by atoms with Crippen molar-refractivity contribution in [2.75, 3.05) is 6.54 Å². The minimum atomic E-state index is -0.813. The van der Waals surface area contributed by atoms with Crippen molar-refractivity contribution in [2.45, 2.75) is 33.6 Å². The first-order valence-electron chi connectivity index (χ1n) is 6.44. The maximum atomic E-state index is 12.0. The van der Waals surface area contributed by atoms with Gasteiger partial charge in [-0.1, -0.05) is 13.8 Å². The second-order valence-electron chi connectivity index (χ2n) is 5.24. The van der Waals surface area contributed by atoms with Gasteiger partial charge >= 0.3 is 5.97 Å². The summed E-state index contributed by atoms with van der Waals surface area (Å²) in [6, 6.07) is 1.91. The molecule has 1 aromatic heterocycles.